The molecule has 0 spiro atoms. The minimum absolute atomic E-state index is 0.0899. The van der Waals surface area contributed by atoms with E-state index < -0.39 is 0 Å². The minimum Gasteiger partial charge on any atom is -0.289 e. The molecule has 0 saturated heterocycles. The van der Waals surface area contributed by atoms with Gasteiger partial charge in [0.1, 0.15) is 0 Å². The lowest BCUT2D eigenvalue weighted by atomic mass is 9.98. The Kier molecular flexibility index (Phi) is 6.15. The van der Waals surface area contributed by atoms with Crippen molar-refractivity contribution in [2.45, 2.75) is 6.92 Å². The first-order valence-corrected chi connectivity index (χ1v) is 9.05. The van der Waals surface area contributed by atoms with E-state index in [2.05, 4.69) is 6.92 Å². The van der Waals surface area contributed by atoms with Crippen molar-refractivity contribution in [1.29, 1.82) is 0 Å². The van der Waals surface area contributed by atoms with Gasteiger partial charge in [-0.2, -0.15) is 0 Å². The Hall–Kier alpha value is -1.45. The largest absolute Gasteiger partial charge is 0.289 e. The third kappa shape index (κ3) is 4.02. The molecule has 0 bridgehead atoms. The average Bonchev–Trinajstić information content (AvgIpc) is 2.56. The van der Waals surface area contributed by atoms with Crippen LogP contribution in [0.2, 0.25) is 0 Å². The molecule has 0 radical (unpaired) electrons. The molecule has 0 aliphatic carbocycles. The van der Waals surface area contributed by atoms with Crippen LogP contribution in [-0.2, 0) is 0 Å². The van der Waals surface area contributed by atoms with Gasteiger partial charge in [0.2, 0.25) is 0 Å². The predicted octanol–water partition coefficient (Wildman–Crippen LogP) is 5.35. The number of hydrogen-bond donors (Lipinski definition) is 0. The topological polar surface area (TPSA) is 17.1 Å². The standard InChI is InChI=1S/C18H18OS2/c1-3-21-18(20-2)16(14-10-6-4-7-11-14)17(19)15-12-8-5-9-13-15/h4-13H,3H2,1-2H3/b18-16+. The molecule has 21 heavy (non-hydrogen) atoms. The van der Waals surface area contributed by atoms with E-state index in [0.717, 1.165) is 26.7 Å². The van der Waals surface area contributed by atoms with Crippen molar-refractivity contribution in [2.24, 2.45) is 0 Å². The van der Waals surface area contributed by atoms with Crippen LogP contribution >= 0.6 is 23.5 Å². The Labute approximate surface area is 134 Å². The number of carbonyl (C=O) groups excluding carboxylic acids is 1. The minimum atomic E-state index is 0.0899. The molecule has 0 saturated carbocycles. The lowest BCUT2D eigenvalue weighted by Crippen LogP contribution is -2.04. The Morgan fingerprint density at radius 1 is 0.905 bits per heavy atom. The van der Waals surface area contributed by atoms with Gasteiger partial charge in [-0.05, 0) is 17.6 Å². The first-order chi connectivity index (χ1) is 10.3. The molecule has 0 aromatic heterocycles. The van der Waals surface area contributed by atoms with Gasteiger partial charge in [0.25, 0.3) is 0 Å². The van der Waals surface area contributed by atoms with Gasteiger partial charge >= 0.3 is 0 Å². The molecule has 0 unspecified atom stereocenters. The summed E-state index contributed by atoms with van der Waals surface area (Å²) in [6, 6.07) is 19.4. The number of carbonyl (C=O) groups is 1. The summed E-state index contributed by atoms with van der Waals surface area (Å²) < 4.78 is 1.08. The number of benzene rings is 2. The van der Waals surface area contributed by atoms with Crippen LogP contribution in [0, 0.1) is 0 Å². The molecular weight excluding hydrogens is 296 g/mol. The Morgan fingerprint density at radius 3 is 1.90 bits per heavy atom. The normalized spacial score (nSPS) is 11.9. The molecule has 108 valence electrons. The van der Waals surface area contributed by atoms with E-state index in [4.69, 9.17) is 0 Å². The average molecular weight is 314 g/mol. The lowest BCUT2D eigenvalue weighted by Gasteiger charge is -2.12. The van der Waals surface area contributed by atoms with E-state index in [0.29, 0.717) is 0 Å². The number of allylic oxidation sites excluding steroid dienone is 1. The third-order valence-corrected chi connectivity index (χ3v) is 5.17. The molecular formula is C18H18OS2. The van der Waals surface area contributed by atoms with E-state index in [1.54, 1.807) is 23.5 Å². The molecule has 0 fully saturated rings. The Morgan fingerprint density at radius 2 is 1.43 bits per heavy atom. The van der Waals surface area contributed by atoms with Crippen LogP contribution in [0.1, 0.15) is 22.8 Å². The van der Waals surface area contributed by atoms with E-state index in [-0.39, 0.29) is 5.78 Å². The van der Waals surface area contributed by atoms with E-state index >= 15 is 0 Å². The monoisotopic (exact) mass is 314 g/mol. The smallest absolute Gasteiger partial charge is 0.195 e. The molecule has 0 aliphatic heterocycles. The molecule has 2 aromatic rings. The lowest BCUT2D eigenvalue weighted by molar-refractivity contribution is 0.105. The molecule has 0 aliphatic rings. The van der Waals surface area contributed by atoms with Crippen LogP contribution in [0.5, 0.6) is 0 Å². The summed E-state index contributed by atoms with van der Waals surface area (Å²) in [5.74, 6) is 1.04. The first kappa shape index (κ1) is 15.9. The van der Waals surface area contributed by atoms with Crippen molar-refractivity contribution < 1.29 is 4.79 Å². The summed E-state index contributed by atoms with van der Waals surface area (Å²) in [4.78, 5) is 12.9. The SMILES string of the molecule is CCS/C(SC)=C(/C(=O)c1ccccc1)c1ccccc1. The zero-order chi connectivity index (χ0) is 15.1. The van der Waals surface area contributed by atoms with Crippen molar-refractivity contribution in [2.75, 3.05) is 12.0 Å². The van der Waals surface area contributed by atoms with Gasteiger partial charge in [0.15, 0.2) is 5.78 Å². The van der Waals surface area contributed by atoms with Gasteiger partial charge < -0.3 is 0 Å². The Balaban J connectivity index is 2.54. The molecule has 0 amide bonds. The van der Waals surface area contributed by atoms with Crippen LogP contribution in [0.4, 0.5) is 0 Å². The number of hydrogen-bond acceptors (Lipinski definition) is 3. The summed E-state index contributed by atoms with van der Waals surface area (Å²) in [6.45, 7) is 2.11. The van der Waals surface area contributed by atoms with Crippen LogP contribution in [0.15, 0.2) is 64.9 Å². The highest BCUT2D eigenvalue weighted by Crippen LogP contribution is 2.36. The number of rotatable bonds is 6. The second-order valence-electron chi connectivity index (χ2n) is 4.36. The molecule has 0 N–H and O–H groups in total. The maximum atomic E-state index is 12.9. The number of ketones is 1. The maximum Gasteiger partial charge on any atom is 0.195 e. The second kappa shape index (κ2) is 8.11. The summed E-state index contributed by atoms with van der Waals surface area (Å²) in [5, 5.41) is 0. The second-order valence-corrected chi connectivity index (χ2v) is 6.71. The fourth-order valence-electron chi connectivity index (χ4n) is 2.04. The van der Waals surface area contributed by atoms with Gasteiger partial charge in [0, 0.05) is 11.1 Å². The van der Waals surface area contributed by atoms with Gasteiger partial charge in [-0.1, -0.05) is 67.6 Å². The highest BCUT2D eigenvalue weighted by atomic mass is 32.2. The fourth-order valence-corrected chi connectivity index (χ4v) is 3.90. The zero-order valence-electron chi connectivity index (χ0n) is 12.2. The molecule has 2 aromatic carbocycles. The summed E-state index contributed by atoms with van der Waals surface area (Å²) in [7, 11) is 0. The van der Waals surface area contributed by atoms with Gasteiger partial charge in [-0.25, -0.2) is 0 Å². The van der Waals surface area contributed by atoms with Gasteiger partial charge in [-0.3, -0.25) is 4.79 Å². The van der Waals surface area contributed by atoms with E-state index in [1.807, 2.05) is 66.9 Å². The van der Waals surface area contributed by atoms with Crippen molar-refractivity contribution in [3.05, 3.63) is 76.0 Å². The highest BCUT2D eigenvalue weighted by molar-refractivity contribution is 8.22. The number of Topliss-reactive ketones (excluding diaryl/α,β-unsaturated/α-hetero) is 1. The summed E-state index contributed by atoms with van der Waals surface area (Å²) in [5.41, 5.74) is 2.53. The fraction of sp³-hybridized carbons (Fsp3) is 0.167. The molecule has 1 nitrogen and oxygen atoms in total. The van der Waals surface area contributed by atoms with Gasteiger partial charge in [0.05, 0.1) is 4.24 Å². The molecule has 2 rings (SSSR count). The zero-order valence-corrected chi connectivity index (χ0v) is 13.8. The van der Waals surface area contributed by atoms with E-state index in [1.165, 1.54) is 0 Å². The predicted molar refractivity (Wildman–Crippen MR) is 95.8 cm³/mol. The quantitative estimate of drug-likeness (QED) is 0.528. The van der Waals surface area contributed by atoms with Crippen LogP contribution in [0.3, 0.4) is 0 Å². The first-order valence-electron chi connectivity index (χ1n) is 6.84. The number of thioether (sulfide) groups is 2. The summed E-state index contributed by atoms with van der Waals surface area (Å²) in [6.07, 6.45) is 2.03. The van der Waals surface area contributed by atoms with Crippen LogP contribution in [-0.4, -0.2) is 17.8 Å². The van der Waals surface area contributed by atoms with Gasteiger partial charge in [-0.15, -0.1) is 23.5 Å². The third-order valence-electron chi connectivity index (χ3n) is 2.99. The van der Waals surface area contributed by atoms with E-state index in [9.17, 15) is 4.79 Å². The van der Waals surface area contributed by atoms with Crippen molar-refractivity contribution in [3.8, 4) is 0 Å². The van der Waals surface area contributed by atoms with Crippen molar-refractivity contribution >= 4 is 34.9 Å². The Bertz CT molecular complexity index is 618. The molecule has 0 heterocycles. The van der Waals surface area contributed by atoms with Crippen molar-refractivity contribution in [3.63, 3.8) is 0 Å². The molecule has 3 heteroatoms. The maximum absolute atomic E-state index is 12.9. The highest BCUT2D eigenvalue weighted by Gasteiger charge is 2.18. The van der Waals surface area contributed by atoms with Crippen LogP contribution < -0.4 is 0 Å². The van der Waals surface area contributed by atoms with Crippen LogP contribution in [0.25, 0.3) is 5.57 Å². The molecule has 0 atom stereocenters. The summed E-state index contributed by atoms with van der Waals surface area (Å²) >= 11 is 3.37. The van der Waals surface area contributed by atoms with Crippen molar-refractivity contribution in [1.82, 2.24) is 0 Å².